The number of allylic oxidation sites excluding steroid dienone is 3. The van der Waals surface area contributed by atoms with E-state index in [1.807, 2.05) is 122 Å². The molecule has 6 heterocycles. The Kier molecular flexibility index (Phi) is 9.59. The number of pyridine rings is 3. The maximum atomic E-state index is 6.36. The summed E-state index contributed by atoms with van der Waals surface area (Å²) in [5, 5.41) is 1.76. The Morgan fingerprint density at radius 1 is 0.574 bits per heavy atom. The summed E-state index contributed by atoms with van der Waals surface area (Å²) in [6.45, 7) is 5.74. The van der Waals surface area contributed by atoms with Crippen LogP contribution in [0.2, 0.25) is 0 Å². The molecular formula is C49H33N11O. The number of hydrogen-bond acceptors (Lipinski definition) is 12. The Bertz CT molecular complexity index is 3050. The maximum Gasteiger partial charge on any atom is 0.182 e. The molecule has 0 atom stereocenters. The van der Waals surface area contributed by atoms with Gasteiger partial charge >= 0.3 is 0 Å². The predicted molar refractivity (Wildman–Crippen MR) is 238 cm³/mol. The zero-order valence-corrected chi connectivity index (χ0v) is 32.7. The van der Waals surface area contributed by atoms with E-state index >= 15 is 0 Å². The Hall–Kier alpha value is -8.64. The average Bonchev–Trinajstić information content (AvgIpc) is 3.33. The van der Waals surface area contributed by atoms with Crippen LogP contribution in [0.3, 0.4) is 0 Å². The van der Waals surface area contributed by atoms with Gasteiger partial charge in [-0.2, -0.15) is 0 Å². The van der Waals surface area contributed by atoms with Crippen molar-refractivity contribution in [3.63, 3.8) is 0 Å². The van der Waals surface area contributed by atoms with Crippen molar-refractivity contribution in [3.8, 4) is 68.8 Å². The first-order valence-corrected chi connectivity index (χ1v) is 19.4. The van der Waals surface area contributed by atoms with Crippen molar-refractivity contribution in [2.45, 2.75) is 6.92 Å². The van der Waals surface area contributed by atoms with E-state index < -0.39 is 0 Å². The predicted octanol–water partition coefficient (Wildman–Crippen LogP) is 10.9. The number of hydrogen-bond donors (Lipinski definition) is 0. The molecule has 0 fully saturated rings. The number of rotatable bonds is 9. The average molecular weight is 792 g/mol. The van der Waals surface area contributed by atoms with Gasteiger partial charge in [0.05, 0.1) is 11.4 Å². The first kappa shape index (κ1) is 36.7. The number of aromatic nitrogens is 9. The lowest BCUT2D eigenvalue weighted by molar-refractivity contribution is 0.477. The zero-order chi connectivity index (χ0) is 41.1. The normalized spacial score (nSPS) is 12.2. The zero-order valence-electron chi connectivity index (χ0n) is 32.7. The Morgan fingerprint density at radius 3 is 1.69 bits per heavy atom. The number of ether oxygens (including phenoxy) is 1. The van der Waals surface area contributed by atoms with Crippen LogP contribution in [0.15, 0.2) is 175 Å². The summed E-state index contributed by atoms with van der Waals surface area (Å²) in [5.41, 5.74) is 6.35. The van der Waals surface area contributed by atoms with E-state index in [0.717, 1.165) is 39.3 Å². The molecule has 0 aliphatic carbocycles. The van der Waals surface area contributed by atoms with Gasteiger partial charge < -0.3 is 9.64 Å². The highest BCUT2D eigenvalue weighted by Crippen LogP contribution is 2.51. The van der Waals surface area contributed by atoms with Gasteiger partial charge in [-0.3, -0.25) is 19.9 Å². The molecule has 0 bridgehead atoms. The number of para-hydroxylation sites is 4. The fourth-order valence-corrected chi connectivity index (χ4v) is 7.11. The fourth-order valence-electron chi connectivity index (χ4n) is 7.11. The van der Waals surface area contributed by atoms with Gasteiger partial charge in [-0.25, -0.2) is 29.9 Å². The summed E-state index contributed by atoms with van der Waals surface area (Å²) in [4.78, 5) is 50.1. The van der Waals surface area contributed by atoms with E-state index in [4.69, 9.17) is 34.6 Å². The second kappa shape index (κ2) is 16.0. The van der Waals surface area contributed by atoms with Crippen molar-refractivity contribution in [1.29, 1.82) is 0 Å². The summed E-state index contributed by atoms with van der Waals surface area (Å²) in [7, 11) is 0. The molecule has 4 aromatic carbocycles. The molecule has 5 aromatic heterocycles. The first-order chi connectivity index (χ1) is 30.1. The summed E-state index contributed by atoms with van der Waals surface area (Å²) >= 11 is 0. The minimum absolute atomic E-state index is 0.343. The van der Waals surface area contributed by atoms with Gasteiger partial charge in [0.2, 0.25) is 0 Å². The molecule has 1 aliphatic heterocycles. The van der Waals surface area contributed by atoms with Gasteiger partial charge in [0.25, 0.3) is 0 Å². The molecular weight excluding hydrogens is 759 g/mol. The lowest BCUT2D eigenvalue weighted by Gasteiger charge is -2.33. The van der Waals surface area contributed by atoms with Crippen LogP contribution in [0, 0.1) is 0 Å². The molecule has 61 heavy (non-hydrogen) atoms. The molecule has 1 aliphatic rings. The number of fused-ring (bicyclic) bond motifs is 3. The van der Waals surface area contributed by atoms with Crippen LogP contribution in [-0.2, 0) is 0 Å². The SMILES string of the molecule is C=N/C(=C\C=C/C)c1nc(-c2cc(-c3nc(-c4ccccn4)nc(-c4ccccn4)n3)c3cc(N4c5ccccc5Oc5ccccc54)ccc3c2)nc(-c2ccccn2)n1. The monoisotopic (exact) mass is 791 g/mol. The van der Waals surface area contributed by atoms with Gasteiger partial charge in [-0.05, 0) is 115 Å². The highest BCUT2D eigenvalue weighted by Gasteiger charge is 2.26. The van der Waals surface area contributed by atoms with Gasteiger partial charge in [0.1, 0.15) is 22.8 Å². The van der Waals surface area contributed by atoms with Gasteiger partial charge in [-0.1, -0.05) is 60.7 Å². The Balaban J connectivity index is 1.25. The minimum Gasteiger partial charge on any atom is -0.453 e. The lowest BCUT2D eigenvalue weighted by Crippen LogP contribution is -2.15. The van der Waals surface area contributed by atoms with Gasteiger partial charge in [0, 0.05) is 35.4 Å². The van der Waals surface area contributed by atoms with Crippen molar-refractivity contribution in [2.24, 2.45) is 4.99 Å². The molecule has 12 heteroatoms. The molecule has 0 saturated carbocycles. The number of aliphatic imine (C=N–C) groups is 1. The summed E-state index contributed by atoms with van der Waals surface area (Å²) < 4.78 is 6.36. The second-order valence-corrected chi connectivity index (χ2v) is 13.8. The third kappa shape index (κ3) is 7.14. The lowest BCUT2D eigenvalue weighted by atomic mass is 9.98. The Morgan fingerprint density at radius 2 is 1.11 bits per heavy atom. The fraction of sp³-hybridized carbons (Fsp3) is 0.0204. The van der Waals surface area contributed by atoms with Crippen molar-refractivity contribution < 1.29 is 4.74 Å². The number of benzene rings is 4. The minimum atomic E-state index is 0.343. The van der Waals surface area contributed by atoms with Crippen LogP contribution >= 0.6 is 0 Å². The molecule has 0 saturated heterocycles. The van der Waals surface area contributed by atoms with Gasteiger partial charge in [0.15, 0.2) is 46.4 Å². The Labute approximate surface area is 350 Å². The molecule has 0 N–H and O–H groups in total. The van der Waals surface area contributed by atoms with Crippen LogP contribution in [-0.4, -0.2) is 51.6 Å². The van der Waals surface area contributed by atoms with Gasteiger partial charge in [-0.15, -0.1) is 0 Å². The van der Waals surface area contributed by atoms with E-state index in [0.29, 0.717) is 68.9 Å². The third-order valence-electron chi connectivity index (χ3n) is 9.93. The highest BCUT2D eigenvalue weighted by atomic mass is 16.5. The van der Waals surface area contributed by atoms with E-state index in [9.17, 15) is 0 Å². The first-order valence-electron chi connectivity index (χ1n) is 19.4. The quantitative estimate of drug-likeness (QED) is 0.102. The molecule has 290 valence electrons. The molecule has 0 unspecified atom stereocenters. The van der Waals surface area contributed by atoms with Crippen molar-refractivity contribution in [1.82, 2.24) is 44.9 Å². The van der Waals surface area contributed by atoms with Crippen LogP contribution in [0.5, 0.6) is 11.5 Å². The van der Waals surface area contributed by atoms with Crippen molar-refractivity contribution in [3.05, 3.63) is 176 Å². The largest absolute Gasteiger partial charge is 0.453 e. The summed E-state index contributed by atoms with van der Waals surface area (Å²) in [5.74, 6) is 3.82. The van der Waals surface area contributed by atoms with Crippen molar-refractivity contribution >= 4 is 40.2 Å². The summed E-state index contributed by atoms with van der Waals surface area (Å²) in [6.07, 6.45) is 10.7. The smallest absolute Gasteiger partial charge is 0.182 e. The number of nitrogens with zero attached hydrogens (tertiary/aromatic N) is 11. The number of anilines is 3. The topological polar surface area (TPSA) is 141 Å². The third-order valence-corrected chi connectivity index (χ3v) is 9.93. The molecule has 0 amide bonds. The second-order valence-electron chi connectivity index (χ2n) is 13.8. The molecule has 0 spiro atoms. The molecule has 0 radical (unpaired) electrons. The van der Waals surface area contributed by atoms with E-state index in [2.05, 4.69) is 68.0 Å². The van der Waals surface area contributed by atoms with Crippen LogP contribution in [0.25, 0.3) is 73.8 Å². The van der Waals surface area contributed by atoms with E-state index in [-0.39, 0.29) is 0 Å². The van der Waals surface area contributed by atoms with E-state index in [1.165, 1.54) is 0 Å². The van der Waals surface area contributed by atoms with Crippen molar-refractivity contribution in [2.75, 3.05) is 4.90 Å². The maximum absolute atomic E-state index is 6.36. The van der Waals surface area contributed by atoms with Crippen LogP contribution in [0.1, 0.15) is 12.7 Å². The molecule has 9 aromatic rings. The highest BCUT2D eigenvalue weighted by molar-refractivity contribution is 6.02. The molecule has 10 rings (SSSR count). The van der Waals surface area contributed by atoms with E-state index in [1.54, 1.807) is 18.6 Å². The standard InChI is InChI=1S/C49H33N11O/c1-3-4-15-36(50-2)46-54-44(55-47(58-46)37-16-9-12-25-51-37)32-28-31-23-24-33(60-40-19-5-7-21-42(40)61-43-22-8-6-20-41(43)60)30-34(31)35(29-32)45-56-48(38-17-10-13-26-52-38)59-49(57-45)39-18-11-14-27-53-39/h3-30H,2H2,1H3/b4-3-,36-15-. The summed E-state index contributed by atoms with van der Waals surface area (Å²) in [6, 6.07) is 43.3. The van der Waals surface area contributed by atoms with Crippen LogP contribution in [0.4, 0.5) is 17.1 Å². The van der Waals surface area contributed by atoms with Crippen LogP contribution < -0.4 is 9.64 Å². The molecule has 12 nitrogen and oxygen atoms in total.